The van der Waals surface area contributed by atoms with Crippen molar-refractivity contribution in [2.45, 2.75) is 51.8 Å². The molecule has 2 unspecified atom stereocenters. The van der Waals surface area contributed by atoms with Gasteiger partial charge in [-0.05, 0) is 58.0 Å². The van der Waals surface area contributed by atoms with E-state index in [-0.39, 0.29) is 24.1 Å². The van der Waals surface area contributed by atoms with E-state index in [9.17, 15) is 8.42 Å². The maximum atomic E-state index is 12.4. The third-order valence-electron chi connectivity index (χ3n) is 6.72. The lowest BCUT2D eigenvalue weighted by Crippen LogP contribution is -2.55. The summed E-state index contributed by atoms with van der Waals surface area (Å²) in [5, 5.41) is 3.15. The Balaban J connectivity index is 1.26. The van der Waals surface area contributed by atoms with Gasteiger partial charge in [0.15, 0.2) is 17.6 Å². The van der Waals surface area contributed by atoms with E-state index < -0.39 is 10.2 Å². The number of para-hydroxylation sites is 1. The highest BCUT2D eigenvalue weighted by Crippen LogP contribution is 2.36. The molecule has 198 valence electrons. The van der Waals surface area contributed by atoms with E-state index in [4.69, 9.17) is 14.2 Å². The zero-order chi connectivity index (χ0) is 26.0. The molecule has 0 saturated carbocycles. The van der Waals surface area contributed by atoms with Crippen molar-refractivity contribution in [1.82, 2.24) is 15.1 Å². The lowest BCUT2D eigenvalue weighted by atomic mass is 10.1. The van der Waals surface area contributed by atoms with Crippen molar-refractivity contribution in [3.8, 4) is 17.2 Å². The minimum absolute atomic E-state index is 0.0952. The summed E-state index contributed by atoms with van der Waals surface area (Å²) in [7, 11) is -2.48. The van der Waals surface area contributed by atoms with Gasteiger partial charge in [-0.15, -0.1) is 4.40 Å². The average Bonchev–Trinajstić information content (AvgIpc) is 2.88. The first kappa shape index (κ1) is 25.3. The van der Waals surface area contributed by atoms with Crippen LogP contribution in [-0.4, -0.2) is 69.1 Å². The molecule has 2 aromatic carbocycles. The monoisotopic (exact) mass is 527 g/mol. The molecule has 3 aliphatic heterocycles. The number of piperidine rings is 1. The van der Waals surface area contributed by atoms with Crippen LogP contribution in [-0.2, 0) is 16.8 Å². The Morgan fingerprint density at radius 3 is 2.62 bits per heavy atom. The molecular weight excluding hydrogens is 494 g/mol. The van der Waals surface area contributed by atoms with Crippen LogP contribution in [0.2, 0.25) is 0 Å². The van der Waals surface area contributed by atoms with E-state index in [1.54, 1.807) is 19.2 Å². The summed E-state index contributed by atoms with van der Waals surface area (Å²) in [6.45, 7) is 7.22. The quantitative estimate of drug-likeness (QED) is 0.633. The second kappa shape index (κ2) is 10.6. The van der Waals surface area contributed by atoms with Gasteiger partial charge in [0, 0.05) is 19.2 Å². The largest absolute Gasteiger partial charge is 0.485 e. The van der Waals surface area contributed by atoms with E-state index in [1.807, 2.05) is 38.1 Å². The molecular formula is C26H33N5O5S. The van der Waals surface area contributed by atoms with Crippen molar-refractivity contribution in [2.24, 2.45) is 8.80 Å². The van der Waals surface area contributed by atoms with Crippen LogP contribution in [0.1, 0.15) is 37.3 Å². The number of nitrogens with one attached hydrogen (secondary N) is 1. The van der Waals surface area contributed by atoms with Crippen LogP contribution in [0.5, 0.6) is 17.2 Å². The number of likely N-dealkylation sites (tertiary alicyclic amines) is 1. The third-order valence-corrected chi connectivity index (χ3v) is 7.51. The van der Waals surface area contributed by atoms with Gasteiger partial charge in [0.05, 0.1) is 6.04 Å². The maximum absolute atomic E-state index is 12.4. The molecule has 2 atom stereocenters. The lowest BCUT2D eigenvalue weighted by Gasteiger charge is -2.34. The molecule has 0 aromatic heterocycles. The normalized spacial score (nSPS) is 22.0. The number of hydrogen-bond donors (Lipinski definition) is 1. The first-order chi connectivity index (χ1) is 17.8. The fourth-order valence-electron chi connectivity index (χ4n) is 4.57. The van der Waals surface area contributed by atoms with E-state index in [1.165, 1.54) is 24.2 Å². The highest BCUT2D eigenvalue weighted by molar-refractivity contribution is 7.89. The van der Waals surface area contributed by atoms with Crippen LogP contribution >= 0.6 is 0 Å². The van der Waals surface area contributed by atoms with E-state index in [0.717, 1.165) is 36.5 Å². The molecule has 2 aromatic rings. The number of rotatable bonds is 5. The second-order valence-electron chi connectivity index (χ2n) is 9.69. The molecule has 37 heavy (non-hydrogen) atoms. The summed E-state index contributed by atoms with van der Waals surface area (Å²) < 4.78 is 50.5. The Morgan fingerprint density at radius 2 is 1.86 bits per heavy atom. The molecule has 0 bridgehead atoms. The van der Waals surface area contributed by atoms with Gasteiger partial charge in [0.25, 0.3) is 0 Å². The molecule has 0 spiro atoms. The number of amidine groups is 1. The molecule has 5 rings (SSSR count). The summed E-state index contributed by atoms with van der Waals surface area (Å²) in [5.74, 6) is 2.04. The Labute approximate surface area is 218 Å². The number of benzene rings is 2. The highest BCUT2D eigenvalue weighted by Gasteiger charge is 2.32. The van der Waals surface area contributed by atoms with E-state index >= 15 is 0 Å². The van der Waals surface area contributed by atoms with Crippen molar-refractivity contribution in [1.29, 1.82) is 0 Å². The van der Waals surface area contributed by atoms with Gasteiger partial charge in [-0.25, -0.2) is 0 Å². The number of fused-ring (bicyclic) bond motifs is 1. The van der Waals surface area contributed by atoms with Crippen molar-refractivity contribution in [3.05, 3.63) is 53.6 Å². The molecule has 11 heteroatoms. The standard InChI is InChI=1S/C26H33N5O5S/c1-18-10-12-21(13-11-18)35-26-29-37(32,33)28-25(30(26)3)27-19(2)23-17-34-24-20(8-7-9-22(24)36-23)16-31-14-5-4-6-15-31/h7-13,19,23H,4-6,14-17H2,1-3H3,(H,27,28). The van der Waals surface area contributed by atoms with Crippen molar-refractivity contribution >= 4 is 22.2 Å². The van der Waals surface area contributed by atoms with Gasteiger partial charge in [-0.1, -0.05) is 40.6 Å². The van der Waals surface area contributed by atoms with E-state index in [0.29, 0.717) is 18.1 Å². The summed E-state index contributed by atoms with van der Waals surface area (Å²) in [5.41, 5.74) is 2.18. The zero-order valence-corrected chi connectivity index (χ0v) is 22.2. The van der Waals surface area contributed by atoms with E-state index in [2.05, 4.69) is 25.1 Å². The number of ether oxygens (including phenoxy) is 3. The molecule has 1 fully saturated rings. The van der Waals surface area contributed by atoms with Crippen molar-refractivity contribution < 1.29 is 22.6 Å². The molecule has 10 nitrogen and oxygen atoms in total. The number of guanidine groups is 1. The minimum Gasteiger partial charge on any atom is -0.485 e. The summed E-state index contributed by atoms with van der Waals surface area (Å²) in [6.07, 6.45) is 3.39. The predicted molar refractivity (Wildman–Crippen MR) is 141 cm³/mol. The first-order valence-electron chi connectivity index (χ1n) is 12.6. The molecule has 1 N–H and O–H groups in total. The summed E-state index contributed by atoms with van der Waals surface area (Å²) in [6, 6.07) is 12.8. The van der Waals surface area contributed by atoms with Crippen molar-refractivity contribution in [3.63, 3.8) is 0 Å². The second-order valence-corrected chi connectivity index (χ2v) is 11.0. The smallest absolute Gasteiger partial charge is 0.370 e. The fourth-order valence-corrected chi connectivity index (χ4v) is 5.36. The van der Waals surface area contributed by atoms with Crippen LogP contribution in [0.15, 0.2) is 51.3 Å². The Morgan fingerprint density at radius 1 is 1.11 bits per heavy atom. The molecule has 1 saturated heterocycles. The van der Waals surface area contributed by atoms with Crippen LogP contribution in [0.25, 0.3) is 0 Å². The Hall–Kier alpha value is -3.31. The zero-order valence-electron chi connectivity index (χ0n) is 21.4. The van der Waals surface area contributed by atoms with Gasteiger partial charge in [-0.2, -0.15) is 8.42 Å². The fraction of sp³-hybridized carbons (Fsp3) is 0.462. The molecule has 3 heterocycles. The van der Waals surface area contributed by atoms with Crippen LogP contribution in [0.4, 0.5) is 0 Å². The van der Waals surface area contributed by atoms with Gasteiger partial charge >= 0.3 is 16.2 Å². The Bertz CT molecular complexity index is 1290. The average molecular weight is 528 g/mol. The number of hydrogen-bond acceptors (Lipinski definition) is 8. The van der Waals surface area contributed by atoms with Crippen LogP contribution < -0.4 is 19.5 Å². The third kappa shape index (κ3) is 5.99. The number of aryl methyl sites for hydroxylation is 1. The summed E-state index contributed by atoms with van der Waals surface area (Å²) >= 11 is 0. The number of nitrogens with zero attached hydrogens (tertiary/aromatic N) is 4. The minimum atomic E-state index is -4.12. The van der Waals surface area contributed by atoms with Crippen LogP contribution in [0, 0.1) is 6.92 Å². The first-order valence-corrected chi connectivity index (χ1v) is 14.0. The molecule has 0 aliphatic carbocycles. The Kier molecular flexibility index (Phi) is 7.25. The molecule has 3 aliphatic rings. The van der Waals surface area contributed by atoms with Gasteiger partial charge in [-0.3, -0.25) is 9.80 Å². The van der Waals surface area contributed by atoms with Gasteiger partial charge in [0.1, 0.15) is 12.4 Å². The molecule has 0 radical (unpaired) electrons. The van der Waals surface area contributed by atoms with Gasteiger partial charge in [0.2, 0.25) is 5.96 Å². The molecule has 0 amide bonds. The SMILES string of the molecule is Cc1ccc(OC2=NS(=O)(=O)N=C(NC(C)C3COc4c(CN5CCCCC5)cccc4O3)N2C)cc1. The van der Waals surface area contributed by atoms with Gasteiger partial charge < -0.3 is 19.5 Å². The predicted octanol–water partition coefficient (Wildman–Crippen LogP) is 3.08. The lowest BCUT2D eigenvalue weighted by molar-refractivity contribution is 0.0690. The highest BCUT2D eigenvalue weighted by atomic mass is 32.2. The summed E-state index contributed by atoms with van der Waals surface area (Å²) in [4.78, 5) is 3.92. The van der Waals surface area contributed by atoms with Crippen LogP contribution in [0.3, 0.4) is 0 Å². The maximum Gasteiger partial charge on any atom is 0.370 e. The van der Waals surface area contributed by atoms with Crippen molar-refractivity contribution in [2.75, 3.05) is 26.7 Å². The topological polar surface area (TPSA) is 105 Å².